The summed E-state index contributed by atoms with van der Waals surface area (Å²) in [5, 5.41) is 8.54. The van der Waals surface area contributed by atoms with Crippen molar-refractivity contribution in [1.29, 1.82) is 0 Å². The molecule has 0 saturated carbocycles. The number of primary amides is 1. The van der Waals surface area contributed by atoms with Crippen LogP contribution in [0.1, 0.15) is 31.9 Å². The number of rotatable bonds is 7. The summed E-state index contributed by atoms with van der Waals surface area (Å²) >= 11 is 0. The fourth-order valence-corrected chi connectivity index (χ4v) is 4.52. The van der Waals surface area contributed by atoms with Crippen LogP contribution in [0.4, 0.5) is 20.2 Å². The molecule has 4 rings (SSSR count). The highest BCUT2D eigenvalue weighted by molar-refractivity contribution is 6.40. The number of hydrazone groups is 1. The Kier molecular flexibility index (Phi) is 7.30. The number of carbonyl (C=O) groups is 2. The van der Waals surface area contributed by atoms with Crippen LogP contribution >= 0.6 is 0 Å². The molecule has 35 heavy (non-hydrogen) atoms. The van der Waals surface area contributed by atoms with Crippen LogP contribution in [0.3, 0.4) is 0 Å². The third-order valence-corrected chi connectivity index (χ3v) is 6.56. The zero-order valence-electron chi connectivity index (χ0n) is 19.9. The molecular weight excluding hydrogens is 454 g/mol. The number of carbonyl (C=O) groups excluding carboxylic acids is 2. The minimum absolute atomic E-state index is 0.0141. The first-order valence-electron chi connectivity index (χ1n) is 11.8. The van der Waals surface area contributed by atoms with E-state index >= 15 is 0 Å². The summed E-state index contributed by atoms with van der Waals surface area (Å²) in [7, 11) is 0. The first-order valence-corrected chi connectivity index (χ1v) is 11.8. The fraction of sp³-hybridized carbons (Fsp3) is 0.400. The van der Waals surface area contributed by atoms with E-state index in [1.807, 2.05) is 0 Å². The van der Waals surface area contributed by atoms with Gasteiger partial charge in [-0.3, -0.25) is 14.6 Å². The first-order chi connectivity index (χ1) is 16.8. The van der Waals surface area contributed by atoms with Crippen LogP contribution in [0.25, 0.3) is 0 Å². The molecule has 3 N–H and O–H groups in total. The average Bonchev–Trinajstić information content (AvgIpc) is 3.31. The normalized spacial score (nSPS) is 19.4. The number of hydrogen-bond acceptors (Lipinski definition) is 6. The van der Waals surface area contributed by atoms with Gasteiger partial charge in [0.25, 0.3) is 5.91 Å². The van der Waals surface area contributed by atoms with E-state index in [2.05, 4.69) is 27.1 Å². The largest absolute Gasteiger partial charge is 0.369 e. The maximum Gasteiger partial charge on any atom is 0.268 e. The summed E-state index contributed by atoms with van der Waals surface area (Å²) in [6.45, 7) is 8.36. The number of nitrogens with zero attached hydrogens (tertiary/aromatic N) is 4. The summed E-state index contributed by atoms with van der Waals surface area (Å²) in [6, 6.07) is 8.68. The van der Waals surface area contributed by atoms with Crippen LogP contribution < -0.4 is 21.0 Å². The molecule has 2 amide bonds. The lowest BCUT2D eigenvalue weighted by molar-refractivity contribution is -0.119. The van der Waals surface area contributed by atoms with Crippen LogP contribution in [-0.2, 0) is 9.59 Å². The van der Waals surface area contributed by atoms with Crippen molar-refractivity contribution in [3.63, 3.8) is 0 Å². The zero-order valence-corrected chi connectivity index (χ0v) is 19.9. The Morgan fingerprint density at radius 2 is 1.74 bits per heavy atom. The van der Waals surface area contributed by atoms with Crippen molar-refractivity contribution < 1.29 is 18.4 Å². The summed E-state index contributed by atoms with van der Waals surface area (Å²) in [6.07, 6.45) is 0.0141. The third-order valence-electron chi connectivity index (χ3n) is 6.56. The highest BCUT2D eigenvalue weighted by Crippen LogP contribution is 2.29. The van der Waals surface area contributed by atoms with Crippen molar-refractivity contribution in [2.45, 2.75) is 32.4 Å². The number of nitrogens with two attached hydrogens (primary N) is 1. The maximum absolute atomic E-state index is 14.2. The van der Waals surface area contributed by atoms with Gasteiger partial charge in [-0.25, -0.2) is 8.78 Å². The molecule has 186 valence electrons. The number of nitrogens with one attached hydrogen (secondary N) is 1. The van der Waals surface area contributed by atoms with Gasteiger partial charge in [0.2, 0.25) is 5.91 Å². The smallest absolute Gasteiger partial charge is 0.268 e. The second kappa shape index (κ2) is 10.4. The molecule has 2 atom stereocenters. The van der Waals surface area contributed by atoms with E-state index in [9.17, 15) is 18.4 Å². The monoisotopic (exact) mass is 484 g/mol. The molecule has 0 aromatic heterocycles. The van der Waals surface area contributed by atoms with E-state index in [1.54, 1.807) is 13.0 Å². The Morgan fingerprint density at radius 1 is 1.09 bits per heavy atom. The van der Waals surface area contributed by atoms with E-state index in [4.69, 9.17) is 5.73 Å². The molecule has 2 aromatic rings. The van der Waals surface area contributed by atoms with Crippen LogP contribution in [-0.4, -0.2) is 61.2 Å². The Morgan fingerprint density at radius 3 is 2.37 bits per heavy atom. The van der Waals surface area contributed by atoms with Gasteiger partial charge in [0.1, 0.15) is 23.4 Å². The molecule has 2 heterocycles. The van der Waals surface area contributed by atoms with E-state index in [0.717, 1.165) is 38.4 Å². The molecule has 2 unspecified atom stereocenters. The molecule has 0 bridgehead atoms. The van der Waals surface area contributed by atoms with Crippen LogP contribution in [0.5, 0.6) is 0 Å². The summed E-state index contributed by atoms with van der Waals surface area (Å²) in [5.41, 5.74) is 7.66. The molecule has 2 aliphatic rings. The fourth-order valence-electron chi connectivity index (χ4n) is 4.52. The molecule has 1 fully saturated rings. The van der Waals surface area contributed by atoms with Crippen molar-refractivity contribution in [3.05, 3.63) is 59.7 Å². The molecule has 2 aliphatic heterocycles. The van der Waals surface area contributed by atoms with Gasteiger partial charge >= 0.3 is 0 Å². The Balaban J connectivity index is 1.52. The molecule has 8 nitrogen and oxygen atoms in total. The number of anilines is 2. The molecule has 10 heteroatoms. The molecule has 0 spiro atoms. The predicted octanol–water partition coefficient (Wildman–Crippen LogP) is 2.40. The maximum atomic E-state index is 14.2. The number of piperazine rings is 1. The molecule has 2 aromatic carbocycles. The van der Waals surface area contributed by atoms with Crippen molar-refractivity contribution in [1.82, 2.24) is 10.2 Å². The first kappa shape index (κ1) is 24.6. The van der Waals surface area contributed by atoms with Gasteiger partial charge < -0.3 is 20.9 Å². The Labute approximate surface area is 203 Å². The van der Waals surface area contributed by atoms with Gasteiger partial charge in [-0.15, -0.1) is 0 Å². The van der Waals surface area contributed by atoms with Gasteiger partial charge in [-0.2, -0.15) is 5.10 Å². The SMILES string of the molecule is CCN1CCN(c2ccc(F)cc2C(C)NC(=O)C2=NN(c3ccc(F)cc3)C(C(N)=O)C2)CC1. The Bertz CT molecular complexity index is 1120. The average molecular weight is 485 g/mol. The third kappa shape index (κ3) is 5.43. The topological polar surface area (TPSA) is 94.3 Å². The van der Waals surface area contributed by atoms with Crippen molar-refractivity contribution in [2.24, 2.45) is 10.8 Å². The number of amides is 2. The second-order valence-electron chi connectivity index (χ2n) is 8.81. The van der Waals surface area contributed by atoms with Gasteiger partial charge in [0, 0.05) is 43.9 Å². The minimum Gasteiger partial charge on any atom is -0.369 e. The zero-order chi connectivity index (χ0) is 25.1. The quantitative estimate of drug-likeness (QED) is 0.630. The van der Waals surface area contributed by atoms with Crippen LogP contribution in [0.15, 0.2) is 47.6 Å². The van der Waals surface area contributed by atoms with Crippen LogP contribution in [0.2, 0.25) is 0 Å². The molecular formula is C25H30F2N6O2. The lowest BCUT2D eigenvalue weighted by Crippen LogP contribution is -2.46. The van der Waals surface area contributed by atoms with Gasteiger partial charge in [-0.1, -0.05) is 6.92 Å². The van der Waals surface area contributed by atoms with E-state index in [0.29, 0.717) is 11.3 Å². The minimum atomic E-state index is -0.865. The number of likely N-dealkylation sites (N-methyl/N-ethyl adjacent to an activating group) is 1. The lowest BCUT2D eigenvalue weighted by Gasteiger charge is -2.37. The Hall–Kier alpha value is -3.53. The van der Waals surface area contributed by atoms with E-state index in [1.165, 1.54) is 41.4 Å². The summed E-state index contributed by atoms with van der Waals surface area (Å²) < 4.78 is 27.5. The van der Waals surface area contributed by atoms with E-state index < -0.39 is 29.7 Å². The van der Waals surface area contributed by atoms with Crippen molar-refractivity contribution in [3.8, 4) is 0 Å². The molecule has 1 saturated heterocycles. The lowest BCUT2D eigenvalue weighted by atomic mass is 10.0. The van der Waals surface area contributed by atoms with Gasteiger partial charge in [0.15, 0.2) is 0 Å². The van der Waals surface area contributed by atoms with Crippen molar-refractivity contribution in [2.75, 3.05) is 42.6 Å². The molecule has 0 aliphatic carbocycles. The number of hydrogen-bond donors (Lipinski definition) is 2. The number of benzene rings is 2. The highest BCUT2D eigenvalue weighted by Gasteiger charge is 2.35. The van der Waals surface area contributed by atoms with Gasteiger partial charge in [-0.05, 0) is 55.9 Å². The van der Waals surface area contributed by atoms with Gasteiger partial charge in [0.05, 0.1) is 11.7 Å². The predicted molar refractivity (Wildman–Crippen MR) is 131 cm³/mol. The standard InChI is InChI=1S/C25H30F2N6O2/c1-3-31-10-12-32(13-11-31)22-9-6-18(27)14-20(22)16(2)29-25(35)21-15-23(24(28)34)33(30-21)19-7-4-17(26)5-8-19/h4-9,14,16,23H,3,10-13,15H2,1-2H3,(H2,28,34)(H,29,35). The highest BCUT2D eigenvalue weighted by atomic mass is 19.1. The molecule has 0 radical (unpaired) electrons. The number of halogens is 2. The summed E-state index contributed by atoms with van der Waals surface area (Å²) in [5.74, 6) is -1.93. The second-order valence-corrected chi connectivity index (χ2v) is 8.81. The van der Waals surface area contributed by atoms with Crippen LogP contribution in [0, 0.1) is 11.6 Å². The van der Waals surface area contributed by atoms with Crippen molar-refractivity contribution >= 4 is 28.9 Å². The summed E-state index contributed by atoms with van der Waals surface area (Å²) in [4.78, 5) is 29.7. The van der Waals surface area contributed by atoms with E-state index in [-0.39, 0.29) is 17.9 Å².